The number of alkyl carbamates (subject to hydrolysis) is 1. The number of nitrogens with zero attached hydrogens (tertiary/aromatic N) is 2. The number of benzene rings is 1. The first-order valence-corrected chi connectivity index (χ1v) is 12.8. The molecule has 216 valence electrons. The Morgan fingerprint density at radius 3 is 2.38 bits per heavy atom. The number of hydrogen-bond acceptors (Lipinski definition) is 11. The minimum Gasteiger partial charge on any atom is -0.510 e. The van der Waals surface area contributed by atoms with Gasteiger partial charge in [0.15, 0.2) is 11.4 Å². The Labute approximate surface area is 230 Å². The zero-order valence-electron chi connectivity index (χ0n) is 22.9. The topological polar surface area (TPSA) is 203 Å². The summed E-state index contributed by atoms with van der Waals surface area (Å²) in [6.07, 6.45) is -0.571. The molecule has 0 fully saturated rings. The van der Waals surface area contributed by atoms with Crippen molar-refractivity contribution >= 4 is 29.3 Å². The number of aliphatic hydroxyl groups is 3. The molecule has 0 bridgehead atoms. The number of Topliss-reactive ketones (excluding diaryl/α,β-unsaturated/α-hetero) is 2. The molecule has 1 aromatic rings. The monoisotopic (exact) mass is 558 g/mol. The lowest BCUT2D eigenvalue weighted by Gasteiger charge is -2.50. The third kappa shape index (κ3) is 4.16. The lowest BCUT2D eigenvalue weighted by molar-refractivity contribution is -0.148. The molecule has 0 radical (unpaired) electrons. The summed E-state index contributed by atoms with van der Waals surface area (Å²) in [6, 6.07) is 0.574. The fourth-order valence-electron chi connectivity index (χ4n) is 6.24. The number of carbonyl (C=O) groups excluding carboxylic acids is 4. The Morgan fingerprint density at radius 1 is 1.18 bits per heavy atom. The van der Waals surface area contributed by atoms with Crippen LogP contribution in [0.25, 0.3) is 0 Å². The van der Waals surface area contributed by atoms with Crippen LogP contribution in [0.4, 0.5) is 10.5 Å². The second-order valence-corrected chi connectivity index (χ2v) is 10.7. The van der Waals surface area contributed by atoms with Gasteiger partial charge in [0.1, 0.15) is 22.8 Å². The lowest BCUT2D eigenvalue weighted by Crippen LogP contribution is -2.63. The number of primary amides is 1. The van der Waals surface area contributed by atoms with Crippen molar-refractivity contribution in [3.8, 4) is 5.75 Å². The average molecular weight is 559 g/mol. The van der Waals surface area contributed by atoms with E-state index in [4.69, 9.17) is 10.5 Å². The van der Waals surface area contributed by atoms with Crippen molar-refractivity contribution in [3.05, 3.63) is 45.4 Å². The third-order valence-electron chi connectivity index (χ3n) is 7.96. The molecule has 0 aliphatic heterocycles. The van der Waals surface area contributed by atoms with E-state index in [1.165, 1.54) is 4.90 Å². The molecule has 7 N–H and O–H groups in total. The molecule has 3 aliphatic rings. The number of anilines is 1. The molecule has 0 spiro atoms. The molecule has 4 atom stereocenters. The Balaban J connectivity index is 1.90. The Bertz CT molecular complexity index is 1380. The van der Waals surface area contributed by atoms with Crippen molar-refractivity contribution in [2.45, 2.75) is 38.0 Å². The largest absolute Gasteiger partial charge is 0.510 e. The summed E-state index contributed by atoms with van der Waals surface area (Å²) in [7, 11) is 6.64. The number of nitrogens with two attached hydrogens (primary N) is 1. The highest BCUT2D eigenvalue weighted by Crippen LogP contribution is 2.53. The number of likely N-dealkylation sites (N-methyl/N-ethyl adjacent to an activating group) is 1. The number of aliphatic hydroxyl groups excluding tert-OH is 2. The molecule has 0 unspecified atom stereocenters. The number of rotatable bonds is 6. The molecule has 0 aromatic heterocycles. The van der Waals surface area contributed by atoms with Gasteiger partial charge in [-0.3, -0.25) is 19.3 Å². The molecule has 0 saturated heterocycles. The second kappa shape index (κ2) is 10.1. The predicted octanol–water partition coefficient (Wildman–Crippen LogP) is 0.433. The van der Waals surface area contributed by atoms with Crippen LogP contribution in [0.15, 0.2) is 28.7 Å². The number of phenolic OH excluding ortho intramolecular Hbond substituents is 1. The smallest absolute Gasteiger partial charge is 0.407 e. The van der Waals surface area contributed by atoms with Gasteiger partial charge in [0, 0.05) is 43.4 Å². The standard InChI is InChI=1S/C27H34N4O9/c1-6-40-26(38)29-10-12-9-15(30(2)3)13-7-11-8-14-19(31(4)5)22(34)18(25(28)37)24(36)27(14,39)23(35)16(11)21(33)17(13)20(12)32/h9,11,14,19,32,34-35,39H,6-8,10H2,1-5H3,(H2,28,37)(H,29,38)/t11-,14-,19+,27-/m0/s1. The van der Waals surface area contributed by atoms with E-state index in [1.807, 2.05) is 0 Å². The summed E-state index contributed by atoms with van der Waals surface area (Å²) in [5, 5.41) is 47.7. The number of carbonyl (C=O) groups is 4. The molecule has 3 aliphatic carbocycles. The van der Waals surface area contributed by atoms with Gasteiger partial charge in [-0.1, -0.05) is 0 Å². The second-order valence-electron chi connectivity index (χ2n) is 10.7. The van der Waals surface area contributed by atoms with Crippen LogP contribution in [-0.2, 0) is 27.3 Å². The fourth-order valence-corrected chi connectivity index (χ4v) is 6.24. The quantitative estimate of drug-likeness (QED) is 0.264. The normalized spacial score (nSPS) is 25.8. The molecule has 13 nitrogen and oxygen atoms in total. The minimum absolute atomic E-state index is 0.00838. The van der Waals surface area contributed by atoms with E-state index in [0.29, 0.717) is 11.3 Å². The van der Waals surface area contributed by atoms with Gasteiger partial charge in [-0.15, -0.1) is 0 Å². The van der Waals surface area contributed by atoms with Gasteiger partial charge >= 0.3 is 6.09 Å². The van der Waals surface area contributed by atoms with E-state index >= 15 is 0 Å². The van der Waals surface area contributed by atoms with Crippen LogP contribution in [0, 0.1) is 11.8 Å². The van der Waals surface area contributed by atoms with Gasteiger partial charge in [0.05, 0.1) is 18.2 Å². The molecule has 13 heteroatoms. The maximum absolute atomic E-state index is 14.0. The van der Waals surface area contributed by atoms with Gasteiger partial charge in [-0.25, -0.2) is 4.79 Å². The molecule has 40 heavy (non-hydrogen) atoms. The molecule has 0 saturated carbocycles. The van der Waals surface area contributed by atoms with E-state index < -0.39 is 69.9 Å². The number of hydrogen-bond donors (Lipinski definition) is 6. The molecular formula is C27H34N4O9. The Hall–Kier alpha value is -4.10. The number of ether oxygens (including phenoxy) is 1. The number of allylic oxidation sites excluding steroid dienone is 1. The van der Waals surface area contributed by atoms with Gasteiger partial charge in [-0.05, 0) is 51.4 Å². The Morgan fingerprint density at radius 2 is 1.82 bits per heavy atom. The van der Waals surface area contributed by atoms with Gasteiger partial charge in [0.2, 0.25) is 5.78 Å². The maximum Gasteiger partial charge on any atom is 0.407 e. The number of amides is 2. The highest BCUT2D eigenvalue weighted by atomic mass is 16.5. The summed E-state index contributed by atoms with van der Waals surface area (Å²) in [4.78, 5) is 54.6. The zero-order valence-corrected chi connectivity index (χ0v) is 22.9. The number of ketones is 2. The minimum atomic E-state index is -2.71. The van der Waals surface area contributed by atoms with Gasteiger partial charge in [-0.2, -0.15) is 0 Å². The SMILES string of the molecule is CCOC(=O)NCc1cc(N(C)C)c2c(c1O)C(=O)C1=C(O)[C@]3(O)C(=O)C(C(N)=O)=C(O)[C@H](N(C)C)[C@@H]3C[C@@H]1C2. The van der Waals surface area contributed by atoms with E-state index in [-0.39, 0.29) is 42.7 Å². The first kappa shape index (κ1) is 28.9. The van der Waals surface area contributed by atoms with Gasteiger partial charge in [0.25, 0.3) is 5.91 Å². The third-order valence-corrected chi connectivity index (χ3v) is 7.96. The van der Waals surface area contributed by atoms with E-state index in [9.17, 15) is 39.6 Å². The van der Waals surface area contributed by atoms with E-state index in [1.54, 1.807) is 46.1 Å². The maximum atomic E-state index is 14.0. The molecular weight excluding hydrogens is 524 g/mol. The number of aromatic hydroxyl groups is 1. The van der Waals surface area contributed by atoms with Crippen molar-refractivity contribution in [2.75, 3.05) is 39.7 Å². The molecule has 2 amide bonds. The van der Waals surface area contributed by atoms with Crippen LogP contribution in [0.5, 0.6) is 5.75 Å². The first-order valence-electron chi connectivity index (χ1n) is 12.8. The summed E-state index contributed by atoms with van der Waals surface area (Å²) >= 11 is 0. The van der Waals surface area contributed by atoms with Crippen LogP contribution in [0.1, 0.15) is 34.8 Å². The Kier molecular flexibility index (Phi) is 7.32. The van der Waals surface area contributed by atoms with Gasteiger partial charge < -0.3 is 41.1 Å². The first-order chi connectivity index (χ1) is 18.7. The molecule has 0 heterocycles. The van der Waals surface area contributed by atoms with Crippen LogP contribution < -0.4 is 16.0 Å². The molecule has 1 aromatic carbocycles. The van der Waals surface area contributed by atoms with E-state index in [2.05, 4.69) is 5.32 Å². The number of nitrogens with one attached hydrogen (secondary N) is 1. The van der Waals surface area contributed by atoms with E-state index in [0.717, 1.165) is 0 Å². The van der Waals surface area contributed by atoms with Crippen molar-refractivity contribution in [1.82, 2.24) is 10.2 Å². The predicted molar refractivity (Wildman–Crippen MR) is 142 cm³/mol. The van der Waals surface area contributed by atoms with Crippen molar-refractivity contribution in [2.24, 2.45) is 17.6 Å². The fraction of sp³-hybridized carbons (Fsp3) is 0.481. The van der Waals surface area contributed by atoms with Crippen molar-refractivity contribution in [1.29, 1.82) is 0 Å². The molecule has 4 rings (SSSR count). The van der Waals surface area contributed by atoms with Crippen LogP contribution >= 0.6 is 0 Å². The lowest BCUT2D eigenvalue weighted by atomic mass is 9.58. The average Bonchev–Trinajstić information content (AvgIpc) is 2.85. The summed E-state index contributed by atoms with van der Waals surface area (Å²) in [5.41, 5.74) is 2.68. The van der Waals surface area contributed by atoms with Crippen LogP contribution in [-0.4, -0.2) is 95.3 Å². The van der Waals surface area contributed by atoms with Crippen molar-refractivity contribution < 1.29 is 44.3 Å². The highest BCUT2D eigenvalue weighted by Gasteiger charge is 2.63. The van der Waals surface area contributed by atoms with Crippen LogP contribution in [0.2, 0.25) is 0 Å². The van der Waals surface area contributed by atoms with Crippen molar-refractivity contribution in [3.63, 3.8) is 0 Å². The number of phenols is 1. The summed E-state index contributed by atoms with van der Waals surface area (Å²) < 4.78 is 4.86. The number of fused-ring (bicyclic) bond motifs is 3. The summed E-state index contributed by atoms with van der Waals surface area (Å²) in [5.74, 6) is -7.17. The zero-order chi connectivity index (χ0) is 29.8. The summed E-state index contributed by atoms with van der Waals surface area (Å²) in [6.45, 7) is 1.61. The van der Waals surface area contributed by atoms with Crippen LogP contribution in [0.3, 0.4) is 0 Å². The highest BCUT2D eigenvalue weighted by molar-refractivity contribution is 6.25.